The van der Waals surface area contributed by atoms with E-state index in [1.807, 2.05) is 4.90 Å². The minimum absolute atomic E-state index is 0.0438. The van der Waals surface area contributed by atoms with Crippen molar-refractivity contribution in [2.75, 3.05) is 32.7 Å². The molecule has 1 aliphatic heterocycles. The van der Waals surface area contributed by atoms with E-state index < -0.39 is 16.9 Å². The lowest BCUT2D eigenvalue weighted by atomic mass is 10.0. The molecule has 1 saturated heterocycles. The second kappa shape index (κ2) is 13.8. The highest BCUT2D eigenvalue weighted by atomic mass is 19.1. The first-order valence-corrected chi connectivity index (χ1v) is 15.1. The number of nitrogens with one attached hydrogen (secondary N) is 2. The monoisotopic (exact) mass is 612 g/mol. The number of nitrogens with zero attached hydrogens (tertiary/aromatic N) is 4. The topological polar surface area (TPSA) is 124 Å². The highest BCUT2D eigenvalue weighted by molar-refractivity contribution is 6.09. The van der Waals surface area contributed by atoms with Gasteiger partial charge < -0.3 is 19.4 Å². The largest absolute Gasteiger partial charge is 0.340 e. The van der Waals surface area contributed by atoms with E-state index in [4.69, 9.17) is 0 Å². The molecule has 0 radical (unpaired) electrons. The van der Waals surface area contributed by atoms with Crippen LogP contribution in [0.2, 0.25) is 0 Å². The number of aromatic nitrogens is 4. The number of piperazine rings is 1. The average molecular weight is 613 g/mol. The van der Waals surface area contributed by atoms with Crippen LogP contribution in [0.15, 0.2) is 64.4 Å². The highest BCUT2D eigenvalue weighted by Crippen LogP contribution is 2.20. The number of benzene rings is 2. The van der Waals surface area contributed by atoms with Crippen molar-refractivity contribution in [1.29, 1.82) is 0 Å². The molecule has 1 aliphatic rings. The van der Waals surface area contributed by atoms with Gasteiger partial charge in [0.1, 0.15) is 16.5 Å². The van der Waals surface area contributed by atoms with E-state index in [1.165, 1.54) is 30.3 Å². The summed E-state index contributed by atoms with van der Waals surface area (Å²) in [6.07, 6.45) is 5.77. The molecule has 1 amide bonds. The minimum atomic E-state index is -0.494. The Bertz CT molecular complexity index is 1930. The van der Waals surface area contributed by atoms with Crippen LogP contribution < -0.4 is 21.8 Å². The predicted octanol–water partition coefficient (Wildman–Crippen LogP) is 1.97. The van der Waals surface area contributed by atoms with Gasteiger partial charge in [0.05, 0.1) is 12.0 Å². The summed E-state index contributed by atoms with van der Waals surface area (Å²) in [5.41, 5.74) is 1.86. The predicted molar refractivity (Wildman–Crippen MR) is 170 cm³/mol. The van der Waals surface area contributed by atoms with E-state index in [0.29, 0.717) is 22.4 Å². The van der Waals surface area contributed by atoms with Crippen molar-refractivity contribution in [1.82, 2.24) is 29.3 Å². The van der Waals surface area contributed by atoms with Crippen molar-refractivity contribution in [3.05, 3.63) is 120 Å². The summed E-state index contributed by atoms with van der Waals surface area (Å²) in [5.74, 6) is -0.472. The van der Waals surface area contributed by atoms with Gasteiger partial charge >= 0.3 is 0 Å². The van der Waals surface area contributed by atoms with Crippen LogP contribution in [-0.4, -0.2) is 73.7 Å². The van der Waals surface area contributed by atoms with E-state index in [9.17, 15) is 23.6 Å². The van der Waals surface area contributed by atoms with Crippen LogP contribution >= 0.6 is 0 Å². The molecule has 2 N–H and O–H groups in total. The maximum Gasteiger partial charge on any atom is 0.272 e. The summed E-state index contributed by atoms with van der Waals surface area (Å²) in [7, 11) is 0. The first-order chi connectivity index (χ1) is 21.6. The fraction of sp³-hybridized carbons (Fsp3) is 0.324. The Balaban J connectivity index is 1.34. The third-order valence-electron chi connectivity index (χ3n) is 7.98. The summed E-state index contributed by atoms with van der Waals surface area (Å²) < 4.78 is 15.4. The molecule has 0 aliphatic carbocycles. The summed E-state index contributed by atoms with van der Waals surface area (Å²) in [6, 6.07) is 11.9. The second-order valence-corrected chi connectivity index (χ2v) is 11.6. The van der Waals surface area contributed by atoms with E-state index >= 15 is 0 Å². The number of halogens is 1. The number of imidazole rings is 1. The number of H-pyrrole nitrogens is 2. The van der Waals surface area contributed by atoms with Gasteiger partial charge in [0.15, 0.2) is 5.78 Å². The van der Waals surface area contributed by atoms with Crippen molar-refractivity contribution in [3.8, 4) is 0 Å². The standard InChI is InChI=1S/C34H37FN6O4/c1-22(2)31-28(36-21-41(31)13-5-12-39-14-16-40(17-15-39)23(3)42)20-30-34(45)37-29(33(44)38-30)19-24-6-4-7-26(18-24)32(43)25-8-10-27(35)11-9-25/h4,6-11,18-22H,5,12-17H2,1-3H3,(H,37,45)(H,38,44)/b29-19-,30-20-. The number of hydrogen-bond acceptors (Lipinski definition) is 6. The number of carbonyl (C=O) groups excluding carboxylic acids is 2. The normalized spacial score (nSPS) is 14.8. The molecule has 0 bridgehead atoms. The fourth-order valence-electron chi connectivity index (χ4n) is 5.61. The molecular formula is C34H37FN6O4. The Morgan fingerprint density at radius 3 is 2.22 bits per heavy atom. The molecule has 5 rings (SSSR count). The number of aromatic amines is 2. The maximum absolute atomic E-state index is 13.3. The molecule has 0 atom stereocenters. The zero-order chi connectivity index (χ0) is 32.1. The van der Waals surface area contributed by atoms with Gasteiger partial charge in [-0.25, -0.2) is 9.37 Å². The smallest absolute Gasteiger partial charge is 0.272 e. The number of rotatable bonds is 9. The Labute approximate surface area is 259 Å². The number of aryl methyl sites for hydroxylation is 1. The second-order valence-electron chi connectivity index (χ2n) is 11.6. The van der Waals surface area contributed by atoms with Gasteiger partial charge in [-0.15, -0.1) is 0 Å². The Morgan fingerprint density at radius 1 is 0.911 bits per heavy atom. The lowest BCUT2D eigenvalue weighted by molar-refractivity contribution is -0.130. The number of carbonyl (C=O) groups is 2. The van der Waals surface area contributed by atoms with E-state index in [2.05, 4.69) is 38.3 Å². The average Bonchev–Trinajstić information content (AvgIpc) is 3.42. The Hall–Kier alpha value is -4.90. The molecule has 45 heavy (non-hydrogen) atoms. The van der Waals surface area contributed by atoms with Gasteiger partial charge in [0, 0.05) is 56.5 Å². The first kappa shape index (κ1) is 31.5. The molecule has 0 spiro atoms. The minimum Gasteiger partial charge on any atom is -0.340 e. The molecule has 3 heterocycles. The molecule has 1 fully saturated rings. The third kappa shape index (κ3) is 7.61. The maximum atomic E-state index is 13.3. The molecule has 2 aromatic carbocycles. The van der Waals surface area contributed by atoms with Crippen molar-refractivity contribution in [3.63, 3.8) is 0 Å². The van der Waals surface area contributed by atoms with Crippen LogP contribution in [0.5, 0.6) is 0 Å². The summed E-state index contributed by atoms with van der Waals surface area (Å²) >= 11 is 0. The molecule has 4 aromatic rings. The summed E-state index contributed by atoms with van der Waals surface area (Å²) in [5, 5.41) is 0.134. The number of amides is 1. The SMILES string of the molecule is CC(=O)N1CCN(CCCn2cnc(/C=c3\[nH]c(=O)/c(=C/c4cccc(C(=O)c5ccc(F)cc5)c4)[nH]c3=O)c2C(C)C)CC1. The molecular weight excluding hydrogens is 575 g/mol. The van der Waals surface area contributed by atoms with Crippen molar-refractivity contribution in [2.45, 2.75) is 39.7 Å². The molecule has 234 valence electrons. The quantitative estimate of drug-likeness (QED) is 0.279. The zero-order valence-electron chi connectivity index (χ0n) is 25.7. The fourth-order valence-corrected chi connectivity index (χ4v) is 5.61. The van der Waals surface area contributed by atoms with Gasteiger partial charge in [-0.1, -0.05) is 32.0 Å². The van der Waals surface area contributed by atoms with Crippen LogP contribution in [0.3, 0.4) is 0 Å². The van der Waals surface area contributed by atoms with Gasteiger partial charge in [0.25, 0.3) is 11.1 Å². The van der Waals surface area contributed by atoms with Crippen LogP contribution in [0.25, 0.3) is 12.2 Å². The summed E-state index contributed by atoms with van der Waals surface area (Å²) in [4.78, 5) is 64.6. The third-order valence-corrected chi connectivity index (χ3v) is 7.98. The number of hydrogen-bond donors (Lipinski definition) is 2. The number of ketones is 1. The molecule has 0 saturated carbocycles. The summed E-state index contributed by atoms with van der Waals surface area (Å²) in [6.45, 7) is 10.6. The van der Waals surface area contributed by atoms with Gasteiger partial charge in [0.2, 0.25) is 5.91 Å². The first-order valence-electron chi connectivity index (χ1n) is 15.1. The highest BCUT2D eigenvalue weighted by Gasteiger charge is 2.19. The lowest BCUT2D eigenvalue weighted by Crippen LogP contribution is -2.48. The molecule has 2 aromatic heterocycles. The van der Waals surface area contributed by atoms with Crippen molar-refractivity contribution < 1.29 is 14.0 Å². The molecule has 0 unspecified atom stereocenters. The Kier molecular flexibility index (Phi) is 9.68. The van der Waals surface area contributed by atoms with Gasteiger partial charge in [-0.3, -0.25) is 24.1 Å². The Morgan fingerprint density at radius 2 is 1.58 bits per heavy atom. The van der Waals surface area contributed by atoms with Crippen LogP contribution in [0, 0.1) is 5.82 Å². The van der Waals surface area contributed by atoms with Crippen LogP contribution in [-0.2, 0) is 11.3 Å². The lowest BCUT2D eigenvalue weighted by Gasteiger charge is -2.34. The molecule has 10 nitrogen and oxygen atoms in total. The van der Waals surface area contributed by atoms with Crippen LogP contribution in [0.1, 0.15) is 66.0 Å². The van der Waals surface area contributed by atoms with E-state index in [-0.39, 0.29) is 28.3 Å². The van der Waals surface area contributed by atoms with Crippen molar-refractivity contribution in [2.24, 2.45) is 0 Å². The zero-order valence-corrected chi connectivity index (χ0v) is 25.7. The van der Waals surface area contributed by atoms with Gasteiger partial charge in [-0.05, 0) is 66.9 Å². The molecule has 11 heteroatoms. The van der Waals surface area contributed by atoms with E-state index in [0.717, 1.165) is 51.4 Å². The van der Waals surface area contributed by atoms with Crippen LogP contribution in [0.4, 0.5) is 4.39 Å². The van der Waals surface area contributed by atoms with Gasteiger partial charge in [-0.2, -0.15) is 0 Å². The van der Waals surface area contributed by atoms with Crippen molar-refractivity contribution >= 4 is 23.8 Å². The van der Waals surface area contributed by atoms with E-state index in [1.54, 1.807) is 43.6 Å².